The highest BCUT2D eigenvalue weighted by molar-refractivity contribution is 7.27. The van der Waals surface area contributed by atoms with E-state index in [4.69, 9.17) is 22.8 Å². The molecule has 4 aromatic carbocycles. The first-order valence-corrected chi connectivity index (χ1v) is 20.3. The van der Waals surface area contributed by atoms with Gasteiger partial charge >= 0.3 is 0 Å². The lowest BCUT2D eigenvalue weighted by molar-refractivity contribution is 0.413. The van der Waals surface area contributed by atoms with Crippen molar-refractivity contribution < 1.29 is 28.3 Å². The summed E-state index contributed by atoms with van der Waals surface area (Å²) in [5.41, 5.74) is 11.8. The third-order valence-corrected chi connectivity index (χ3v) is 11.0. The van der Waals surface area contributed by atoms with Crippen LogP contribution in [0.3, 0.4) is 0 Å². The molecule has 4 rings (SSSR count). The van der Waals surface area contributed by atoms with Gasteiger partial charge in [-0.25, -0.2) is 0 Å². The summed E-state index contributed by atoms with van der Waals surface area (Å²) < 4.78 is 32.2. The fourth-order valence-corrected chi connectivity index (χ4v) is 8.31. The number of rotatable bonds is 10. The highest BCUT2D eigenvalue weighted by Gasteiger charge is 2.35. The highest BCUT2D eigenvalue weighted by atomic mass is 31.1. The van der Waals surface area contributed by atoms with Gasteiger partial charge < -0.3 is 28.3 Å². The molecule has 0 aliphatic carbocycles. The zero-order valence-corrected chi connectivity index (χ0v) is 38.2. The van der Waals surface area contributed by atoms with Gasteiger partial charge in [0.1, 0.15) is 28.7 Å². The maximum absolute atomic E-state index is 6.97. The van der Waals surface area contributed by atoms with Crippen LogP contribution in [-0.4, -0.2) is 12.6 Å². The Morgan fingerprint density at radius 1 is 0.444 bits per heavy atom. The summed E-state index contributed by atoms with van der Waals surface area (Å²) in [7, 11) is 1.14. The highest BCUT2D eigenvalue weighted by Crippen LogP contribution is 2.54. The third kappa shape index (κ3) is 10.1. The lowest BCUT2D eigenvalue weighted by Gasteiger charge is -2.35. The maximum atomic E-state index is 6.97. The van der Waals surface area contributed by atoms with E-state index < -0.39 is 0 Å². The number of methoxy groups -OCH3 is 1. The van der Waals surface area contributed by atoms with Crippen LogP contribution in [0.15, 0.2) is 48.5 Å². The second kappa shape index (κ2) is 16.8. The Kier molecular flexibility index (Phi) is 14.0. The molecule has 0 radical (unpaired) electrons. The van der Waals surface area contributed by atoms with Crippen LogP contribution in [0.1, 0.15) is 133 Å². The molecule has 2 unspecified atom stereocenters. The van der Waals surface area contributed by atoms with Crippen LogP contribution in [-0.2, 0) is 21.7 Å². The molecule has 0 saturated heterocycles. The van der Waals surface area contributed by atoms with Crippen LogP contribution in [0.4, 0.5) is 0 Å². The molecule has 0 bridgehead atoms. The summed E-state index contributed by atoms with van der Waals surface area (Å²) in [6.45, 7) is 38.0. The first-order chi connectivity index (χ1) is 24.4. The average Bonchev–Trinajstić information content (AvgIpc) is 3.01. The molecule has 0 heterocycles. The summed E-state index contributed by atoms with van der Waals surface area (Å²) in [4.78, 5) is 0. The van der Waals surface area contributed by atoms with E-state index in [9.17, 15) is 0 Å². The number of aryl methyl sites for hydroxylation is 3. The quantitative estimate of drug-likeness (QED) is 0.150. The van der Waals surface area contributed by atoms with E-state index in [0.29, 0.717) is 0 Å². The molecule has 2 N–H and O–H groups in total. The van der Waals surface area contributed by atoms with E-state index in [-0.39, 0.29) is 45.2 Å². The second-order valence-electron chi connectivity index (χ2n) is 18.6. The molecule has 0 aliphatic rings. The number of hydrogen-bond acceptors (Lipinski definition) is 5. The lowest BCUT2D eigenvalue weighted by atomic mass is 9.72. The molecule has 0 saturated carbocycles. The van der Waals surface area contributed by atoms with Crippen LogP contribution in [0.2, 0.25) is 0 Å². The van der Waals surface area contributed by atoms with Crippen molar-refractivity contribution in [1.82, 2.24) is 0 Å². The van der Waals surface area contributed by atoms with Gasteiger partial charge in [-0.3, -0.25) is 0 Å². The molecule has 0 amide bonds. The monoisotopic (exact) mass is 776 g/mol. The first kappa shape index (κ1) is 45.1. The Hall–Kier alpha value is -3.30. The molecule has 0 aliphatic heterocycles. The van der Waals surface area contributed by atoms with E-state index in [1.54, 1.807) is 7.11 Å². The molecule has 54 heavy (non-hydrogen) atoms. The van der Waals surface area contributed by atoms with Gasteiger partial charge in [-0.2, -0.15) is 0 Å². The average molecular weight is 777 g/mol. The van der Waals surface area contributed by atoms with Crippen LogP contribution in [0.5, 0.6) is 28.7 Å². The standard InChI is InChI=1S/C46H64O5P2.H2O/c1-27-19-21-37(28(2)23-27)48-52-50-41-35(45(12,13)14)25-33(43(6,7)8)30(4)39(41)40-31(5)34(44(9,10)11)26-36(46(15,16)17)42(40)51-53-49-38-22-20-32(47-18)24-29(38)3;/h19-26,52-53H,1-18H3;1H2. The van der Waals surface area contributed by atoms with Gasteiger partial charge in [-0.15, -0.1) is 0 Å². The van der Waals surface area contributed by atoms with Crippen LogP contribution >= 0.6 is 18.1 Å². The summed E-state index contributed by atoms with van der Waals surface area (Å²) in [5, 5.41) is 0. The second-order valence-corrected chi connectivity index (χ2v) is 19.7. The predicted octanol–water partition coefficient (Wildman–Crippen LogP) is 13.2. The summed E-state index contributed by atoms with van der Waals surface area (Å²) in [5.74, 6) is 4.04. The topological polar surface area (TPSA) is 77.7 Å². The van der Waals surface area contributed by atoms with Crippen molar-refractivity contribution in [3.05, 3.63) is 98.6 Å². The molecule has 8 heteroatoms. The number of hydrogen-bond donors (Lipinski definition) is 0. The normalized spacial score (nSPS) is 12.7. The molecular formula is C46H66O6P2. The Labute approximate surface area is 330 Å². The largest absolute Gasteiger partial charge is 0.497 e. The smallest absolute Gasteiger partial charge is 0.275 e. The van der Waals surface area contributed by atoms with Crippen molar-refractivity contribution in [2.45, 2.75) is 139 Å². The minimum absolute atomic E-state index is 0. The van der Waals surface area contributed by atoms with Gasteiger partial charge in [0, 0.05) is 22.3 Å². The molecule has 6 nitrogen and oxygen atoms in total. The van der Waals surface area contributed by atoms with E-state index in [1.165, 1.54) is 27.8 Å². The van der Waals surface area contributed by atoms with Gasteiger partial charge in [0.05, 0.1) is 7.11 Å². The van der Waals surface area contributed by atoms with Gasteiger partial charge in [0.2, 0.25) is 0 Å². The van der Waals surface area contributed by atoms with Crippen LogP contribution in [0, 0.1) is 34.6 Å². The lowest BCUT2D eigenvalue weighted by Crippen LogP contribution is -2.22. The molecular weight excluding hydrogens is 710 g/mol. The van der Waals surface area contributed by atoms with Gasteiger partial charge in [0.25, 0.3) is 18.1 Å². The van der Waals surface area contributed by atoms with E-state index in [1.807, 2.05) is 31.2 Å². The fraction of sp³-hybridized carbons (Fsp3) is 0.478. The van der Waals surface area contributed by atoms with E-state index >= 15 is 0 Å². The van der Waals surface area contributed by atoms with Crippen molar-refractivity contribution in [1.29, 1.82) is 0 Å². The van der Waals surface area contributed by atoms with Crippen molar-refractivity contribution >= 4 is 18.1 Å². The van der Waals surface area contributed by atoms with Crippen molar-refractivity contribution in [3.8, 4) is 39.9 Å². The summed E-state index contributed by atoms with van der Waals surface area (Å²) in [6, 6.07) is 16.8. The van der Waals surface area contributed by atoms with Crippen molar-refractivity contribution in [2.24, 2.45) is 0 Å². The predicted molar refractivity (Wildman–Crippen MR) is 233 cm³/mol. The zero-order chi connectivity index (χ0) is 39.8. The Bertz CT molecular complexity index is 1950. The zero-order valence-electron chi connectivity index (χ0n) is 36.2. The van der Waals surface area contributed by atoms with Crippen LogP contribution in [0.25, 0.3) is 11.1 Å². The van der Waals surface area contributed by atoms with Crippen molar-refractivity contribution in [2.75, 3.05) is 7.11 Å². The van der Waals surface area contributed by atoms with Crippen molar-refractivity contribution in [3.63, 3.8) is 0 Å². The Morgan fingerprint density at radius 3 is 1.15 bits per heavy atom. The molecule has 0 fully saturated rings. The number of benzene rings is 4. The molecule has 0 aromatic heterocycles. The molecule has 2 atom stereocenters. The molecule has 296 valence electrons. The first-order valence-electron chi connectivity index (χ1n) is 18.6. The third-order valence-electron chi connectivity index (χ3n) is 9.86. The fourth-order valence-electron chi connectivity index (χ4n) is 6.99. The minimum atomic E-state index is -0.281. The minimum Gasteiger partial charge on any atom is -0.497 e. The SMILES string of the molecule is COc1ccc(OPOc2c(C(C)(C)C)cc(C(C)(C)C)c(C)c2-c2c(C)c(C(C)(C)C)cc(C(C)(C)C)c2OPOc2ccc(C)cc2C)c(C)c1.O. The Morgan fingerprint density at radius 2 is 0.815 bits per heavy atom. The Balaban J connectivity index is 0.00000784. The molecule has 4 aromatic rings. The van der Waals surface area contributed by atoms with E-state index in [2.05, 4.69) is 135 Å². The maximum Gasteiger partial charge on any atom is 0.275 e. The van der Waals surface area contributed by atoms with E-state index in [0.717, 1.165) is 62.1 Å². The van der Waals surface area contributed by atoms with Gasteiger partial charge in [-0.05, 0) is 114 Å². The van der Waals surface area contributed by atoms with Gasteiger partial charge in [0.15, 0.2) is 0 Å². The molecule has 0 spiro atoms. The van der Waals surface area contributed by atoms with Gasteiger partial charge in [-0.1, -0.05) is 113 Å². The summed E-state index contributed by atoms with van der Waals surface area (Å²) >= 11 is 0. The number of ether oxygens (including phenoxy) is 1. The van der Waals surface area contributed by atoms with Crippen LogP contribution < -0.4 is 22.8 Å². The summed E-state index contributed by atoms with van der Waals surface area (Å²) in [6.07, 6.45) is 0.